The zero-order valence-electron chi connectivity index (χ0n) is 26.2. The fraction of sp³-hybridized carbons (Fsp3) is 0.0952. The number of benzene rings is 6. The van der Waals surface area contributed by atoms with Crippen molar-refractivity contribution >= 4 is 43.6 Å². The summed E-state index contributed by atoms with van der Waals surface area (Å²) in [4.78, 5) is 0. The van der Waals surface area contributed by atoms with E-state index in [9.17, 15) is 10.5 Å². The van der Waals surface area contributed by atoms with Gasteiger partial charge in [0.05, 0.1) is 45.1 Å². The molecule has 0 N–H and O–H groups in total. The predicted molar refractivity (Wildman–Crippen MR) is 189 cm³/mol. The monoisotopic (exact) mass is 590 g/mol. The Morgan fingerprint density at radius 3 is 1.39 bits per heavy atom. The van der Waals surface area contributed by atoms with Crippen molar-refractivity contribution in [1.82, 2.24) is 9.13 Å². The number of nitriles is 2. The van der Waals surface area contributed by atoms with E-state index < -0.39 is 0 Å². The van der Waals surface area contributed by atoms with Crippen molar-refractivity contribution in [1.29, 1.82) is 10.5 Å². The van der Waals surface area contributed by atoms with Crippen LogP contribution in [-0.4, -0.2) is 9.13 Å². The van der Waals surface area contributed by atoms with Gasteiger partial charge in [-0.15, -0.1) is 0 Å². The SMILES string of the molecule is Cc1cccc2c3cccc(C)c3n(-c3ccc(-c4cccc(C#N)c4)c(-n4c5c(C)cccc5c5cccc(C)c54)c3C#N)c12. The van der Waals surface area contributed by atoms with Crippen LogP contribution in [0, 0.1) is 50.4 Å². The lowest BCUT2D eigenvalue weighted by atomic mass is 9.96. The first-order valence-corrected chi connectivity index (χ1v) is 15.5. The molecule has 2 heterocycles. The van der Waals surface area contributed by atoms with E-state index in [1.165, 1.54) is 10.8 Å². The van der Waals surface area contributed by atoms with Gasteiger partial charge in [0.1, 0.15) is 11.6 Å². The van der Waals surface area contributed by atoms with Crippen LogP contribution in [0.3, 0.4) is 0 Å². The average molecular weight is 591 g/mol. The maximum atomic E-state index is 11.3. The molecule has 8 aromatic rings. The summed E-state index contributed by atoms with van der Waals surface area (Å²) in [5.41, 5.74) is 13.5. The van der Waals surface area contributed by atoms with E-state index in [0.717, 1.165) is 77.6 Å². The van der Waals surface area contributed by atoms with Crippen LogP contribution < -0.4 is 0 Å². The normalized spacial score (nSPS) is 11.4. The number of hydrogen-bond donors (Lipinski definition) is 0. The minimum Gasteiger partial charge on any atom is -0.307 e. The van der Waals surface area contributed by atoms with Crippen molar-refractivity contribution in [2.24, 2.45) is 0 Å². The smallest absolute Gasteiger partial charge is 0.104 e. The largest absolute Gasteiger partial charge is 0.307 e. The quantitative estimate of drug-likeness (QED) is 0.206. The third-order valence-electron chi connectivity index (χ3n) is 9.46. The highest BCUT2D eigenvalue weighted by molar-refractivity contribution is 6.13. The number of para-hydroxylation sites is 4. The Hall–Kier alpha value is -6.10. The lowest BCUT2D eigenvalue weighted by Crippen LogP contribution is -2.08. The second-order valence-electron chi connectivity index (χ2n) is 12.2. The molecule has 4 nitrogen and oxygen atoms in total. The molecule has 0 atom stereocenters. The van der Waals surface area contributed by atoms with E-state index in [4.69, 9.17) is 0 Å². The molecule has 0 unspecified atom stereocenters. The van der Waals surface area contributed by atoms with Gasteiger partial charge in [-0.05, 0) is 73.7 Å². The molecule has 0 bridgehead atoms. The molecule has 218 valence electrons. The van der Waals surface area contributed by atoms with Crippen molar-refractivity contribution in [3.05, 3.63) is 143 Å². The summed E-state index contributed by atoms with van der Waals surface area (Å²) < 4.78 is 4.60. The van der Waals surface area contributed by atoms with Gasteiger partial charge in [0.2, 0.25) is 0 Å². The minimum atomic E-state index is 0.578. The van der Waals surface area contributed by atoms with Crippen LogP contribution in [0.1, 0.15) is 33.4 Å². The molecule has 8 rings (SSSR count). The highest BCUT2D eigenvalue weighted by atomic mass is 15.0. The van der Waals surface area contributed by atoms with Crippen LogP contribution in [-0.2, 0) is 0 Å². The first kappa shape index (κ1) is 27.4. The lowest BCUT2D eigenvalue weighted by Gasteiger charge is -2.21. The molecular weight excluding hydrogens is 560 g/mol. The zero-order chi connectivity index (χ0) is 31.7. The third kappa shape index (κ3) is 3.78. The Kier molecular flexibility index (Phi) is 6.11. The fourth-order valence-electron chi connectivity index (χ4n) is 7.48. The van der Waals surface area contributed by atoms with Gasteiger partial charge in [-0.3, -0.25) is 0 Å². The first-order chi connectivity index (χ1) is 22.4. The molecule has 0 saturated heterocycles. The number of hydrogen-bond acceptors (Lipinski definition) is 2. The summed E-state index contributed by atoms with van der Waals surface area (Å²) in [5, 5.41) is 25.8. The molecule has 0 fully saturated rings. The second-order valence-corrected chi connectivity index (χ2v) is 12.2. The number of rotatable bonds is 3. The summed E-state index contributed by atoms with van der Waals surface area (Å²) in [6.07, 6.45) is 0. The maximum Gasteiger partial charge on any atom is 0.104 e. The van der Waals surface area contributed by atoms with Gasteiger partial charge < -0.3 is 9.13 Å². The average Bonchev–Trinajstić information content (AvgIpc) is 3.60. The van der Waals surface area contributed by atoms with Crippen LogP contribution in [0.2, 0.25) is 0 Å². The van der Waals surface area contributed by atoms with Crippen LogP contribution >= 0.6 is 0 Å². The van der Waals surface area contributed by atoms with Crippen LogP contribution in [0.25, 0.3) is 66.1 Å². The fourth-order valence-corrected chi connectivity index (χ4v) is 7.48. The molecule has 0 spiro atoms. The first-order valence-electron chi connectivity index (χ1n) is 15.5. The second kappa shape index (κ2) is 10.2. The van der Waals surface area contributed by atoms with Gasteiger partial charge in [0.25, 0.3) is 0 Å². The lowest BCUT2D eigenvalue weighted by molar-refractivity contribution is 1.10. The molecule has 4 heteroatoms. The van der Waals surface area contributed by atoms with E-state index in [-0.39, 0.29) is 0 Å². The van der Waals surface area contributed by atoms with Gasteiger partial charge in [0, 0.05) is 27.1 Å². The molecule has 0 aliphatic carbocycles. The molecule has 0 saturated carbocycles. The van der Waals surface area contributed by atoms with Crippen molar-refractivity contribution in [2.75, 3.05) is 0 Å². The molecule has 6 aromatic carbocycles. The summed E-state index contributed by atoms with van der Waals surface area (Å²) in [7, 11) is 0. The standard InChI is InChI=1S/C42H30N4/c1-25-10-5-16-32-33-17-6-11-26(2)39(33)45(38(25)32)37-21-20-31(30-15-9-14-29(22-30)23-43)42(36(37)24-44)46-40-27(3)12-7-18-34(40)35-19-8-13-28(4)41(35)46/h5-22H,1-4H3. The Morgan fingerprint density at radius 2 is 0.935 bits per heavy atom. The summed E-state index contributed by atoms with van der Waals surface area (Å²) in [5.74, 6) is 0. The van der Waals surface area contributed by atoms with E-state index in [2.05, 4.69) is 134 Å². The molecule has 46 heavy (non-hydrogen) atoms. The number of nitrogens with zero attached hydrogens (tertiary/aromatic N) is 4. The number of aryl methyl sites for hydroxylation is 4. The molecule has 2 aromatic heterocycles. The van der Waals surface area contributed by atoms with E-state index in [1.807, 2.05) is 24.3 Å². The van der Waals surface area contributed by atoms with Crippen LogP contribution in [0.15, 0.2) is 109 Å². The summed E-state index contributed by atoms with van der Waals surface area (Å²) in [6.45, 7) is 8.56. The molecule has 0 radical (unpaired) electrons. The van der Waals surface area contributed by atoms with Crippen molar-refractivity contribution < 1.29 is 0 Å². The van der Waals surface area contributed by atoms with E-state index in [1.54, 1.807) is 0 Å². The molecular formula is C42H30N4. The highest BCUT2D eigenvalue weighted by Gasteiger charge is 2.26. The van der Waals surface area contributed by atoms with Crippen molar-refractivity contribution in [3.8, 4) is 34.6 Å². The Labute approximate surface area is 267 Å². The number of aromatic nitrogens is 2. The van der Waals surface area contributed by atoms with Gasteiger partial charge >= 0.3 is 0 Å². The van der Waals surface area contributed by atoms with Crippen molar-refractivity contribution in [3.63, 3.8) is 0 Å². The summed E-state index contributed by atoms with van der Waals surface area (Å²) >= 11 is 0. The Bertz CT molecular complexity index is 2530. The predicted octanol–water partition coefficient (Wildman–Crippen LogP) is 10.5. The van der Waals surface area contributed by atoms with Crippen molar-refractivity contribution in [2.45, 2.75) is 27.7 Å². The summed E-state index contributed by atoms with van der Waals surface area (Å²) in [6, 6.07) is 42.6. The Balaban J connectivity index is 1.63. The van der Waals surface area contributed by atoms with Gasteiger partial charge in [-0.2, -0.15) is 10.5 Å². The Morgan fingerprint density at radius 1 is 0.478 bits per heavy atom. The molecule has 0 aliphatic rings. The van der Waals surface area contributed by atoms with Gasteiger partial charge in [-0.1, -0.05) is 91.0 Å². The molecule has 0 amide bonds. The zero-order valence-corrected chi connectivity index (χ0v) is 26.2. The number of fused-ring (bicyclic) bond motifs is 6. The van der Waals surface area contributed by atoms with Crippen LogP contribution in [0.5, 0.6) is 0 Å². The van der Waals surface area contributed by atoms with Crippen LogP contribution in [0.4, 0.5) is 0 Å². The minimum absolute atomic E-state index is 0.578. The third-order valence-corrected chi connectivity index (χ3v) is 9.46. The molecule has 0 aliphatic heterocycles. The van der Waals surface area contributed by atoms with E-state index in [0.29, 0.717) is 11.1 Å². The van der Waals surface area contributed by atoms with E-state index >= 15 is 0 Å². The van der Waals surface area contributed by atoms with Gasteiger partial charge in [0.15, 0.2) is 0 Å². The highest BCUT2D eigenvalue weighted by Crippen LogP contribution is 2.43. The topological polar surface area (TPSA) is 57.4 Å². The maximum absolute atomic E-state index is 11.3. The van der Waals surface area contributed by atoms with Gasteiger partial charge in [-0.25, -0.2) is 0 Å².